The van der Waals surface area contributed by atoms with Crippen LogP contribution in [0.1, 0.15) is 13.8 Å². The largest absolute Gasteiger partial charge is 0.310 e. The van der Waals surface area contributed by atoms with Gasteiger partial charge in [0.2, 0.25) is 0 Å². The molecule has 0 aliphatic carbocycles. The van der Waals surface area contributed by atoms with Gasteiger partial charge in [0.05, 0.1) is 11.4 Å². The lowest BCUT2D eigenvalue weighted by Crippen LogP contribution is -2.20. The number of anilines is 4. The standard InChI is InChI=1S/C44H38N2/c1-5-9-21-33(7-3)45(34(8-4)22-10-6-2)43-31-41-38-28-18-20-30-40(38)44(32-42(41)37-27-17-19-29-39(37)43)46(35-23-13-11-14-24-35)36-25-15-12-16-26-36/h5-32H,3-4H2,1-2H3/b9-5-,10-6-,33-21+,34-22+. The fourth-order valence-electron chi connectivity index (χ4n) is 6.15. The molecule has 0 atom stereocenters. The second kappa shape index (κ2) is 13.8. The van der Waals surface area contributed by atoms with E-state index in [0.717, 1.165) is 39.5 Å². The number of benzene rings is 6. The molecule has 0 N–H and O–H groups in total. The highest BCUT2D eigenvalue weighted by Gasteiger charge is 2.21. The van der Waals surface area contributed by atoms with Crippen molar-refractivity contribution in [2.24, 2.45) is 0 Å². The zero-order valence-electron chi connectivity index (χ0n) is 26.5. The van der Waals surface area contributed by atoms with E-state index in [9.17, 15) is 0 Å². The summed E-state index contributed by atoms with van der Waals surface area (Å²) in [6.07, 6.45) is 16.2. The molecule has 2 nitrogen and oxygen atoms in total. The van der Waals surface area contributed by atoms with Crippen molar-refractivity contribution in [3.63, 3.8) is 0 Å². The number of allylic oxidation sites excluding steroid dienone is 8. The normalized spacial score (nSPS) is 12.4. The highest BCUT2D eigenvalue weighted by Crippen LogP contribution is 2.46. The first-order chi connectivity index (χ1) is 22.7. The van der Waals surface area contributed by atoms with Gasteiger partial charge in [0.15, 0.2) is 0 Å². The van der Waals surface area contributed by atoms with Crippen LogP contribution in [-0.2, 0) is 0 Å². The summed E-state index contributed by atoms with van der Waals surface area (Å²) in [5.41, 5.74) is 6.33. The molecule has 0 saturated carbocycles. The van der Waals surface area contributed by atoms with E-state index in [1.165, 1.54) is 26.9 Å². The molecule has 0 unspecified atom stereocenters. The van der Waals surface area contributed by atoms with Gasteiger partial charge in [-0.05, 0) is 96.1 Å². The van der Waals surface area contributed by atoms with E-state index in [1.54, 1.807) is 0 Å². The summed E-state index contributed by atoms with van der Waals surface area (Å²) in [5, 5.41) is 7.06. The van der Waals surface area contributed by atoms with Gasteiger partial charge in [0, 0.05) is 33.5 Å². The summed E-state index contributed by atoms with van der Waals surface area (Å²) in [6.45, 7) is 12.5. The van der Waals surface area contributed by atoms with Crippen LogP contribution in [0, 0.1) is 0 Å². The molecule has 0 aliphatic rings. The van der Waals surface area contributed by atoms with E-state index in [0.29, 0.717) is 0 Å². The average molecular weight is 595 g/mol. The molecule has 6 aromatic carbocycles. The first kappa shape index (κ1) is 30.2. The summed E-state index contributed by atoms with van der Waals surface area (Å²) >= 11 is 0. The van der Waals surface area contributed by atoms with E-state index >= 15 is 0 Å². The third kappa shape index (κ3) is 5.69. The highest BCUT2D eigenvalue weighted by atomic mass is 15.2. The van der Waals surface area contributed by atoms with Crippen molar-refractivity contribution in [2.75, 3.05) is 9.80 Å². The van der Waals surface area contributed by atoms with Crippen molar-refractivity contribution in [3.8, 4) is 0 Å². The molecule has 0 heterocycles. The molecule has 46 heavy (non-hydrogen) atoms. The first-order valence-electron chi connectivity index (χ1n) is 15.7. The third-order valence-electron chi connectivity index (χ3n) is 8.20. The molecular weight excluding hydrogens is 556 g/mol. The zero-order chi connectivity index (χ0) is 31.9. The second-order valence-electron chi connectivity index (χ2n) is 11.0. The number of hydrogen-bond acceptors (Lipinski definition) is 2. The molecule has 0 fully saturated rings. The highest BCUT2D eigenvalue weighted by molar-refractivity contribution is 6.24. The Morgan fingerprint density at radius 2 is 0.870 bits per heavy atom. The molecule has 0 radical (unpaired) electrons. The summed E-state index contributed by atoms with van der Waals surface area (Å²) in [6, 6.07) is 43.4. The number of nitrogens with zero attached hydrogens (tertiary/aromatic N) is 2. The van der Waals surface area contributed by atoms with Crippen LogP contribution in [0.2, 0.25) is 0 Å². The molecule has 0 aromatic heterocycles. The molecule has 0 amide bonds. The topological polar surface area (TPSA) is 6.48 Å². The van der Waals surface area contributed by atoms with Gasteiger partial charge in [-0.15, -0.1) is 0 Å². The van der Waals surface area contributed by atoms with Crippen molar-refractivity contribution in [3.05, 3.63) is 194 Å². The Labute approximate surface area is 272 Å². The third-order valence-corrected chi connectivity index (χ3v) is 8.20. The van der Waals surface area contributed by atoms with Crippen LogP contribution in [0.3, 0.4) is 0 Å². The molecule has 224 valence electrons. The van der Waals surface area contributed by atoms with E-state index in [-0.39, 0.29) is 0 Å². The fraction of sp³-hybridized carbons (Fsp3) is 0.0455. The molecule has 0 aliphatic heterocycles. The molecule has 6 rings (SSSR count). The smallest absolute Gasteiger partial charge is 0.0546 e. The zero-order valence-corrected chi connectivity index (χ0v) is 26.5. The molecular formula is C44H38N2. The van der Waals surface area contributed by atoms with Crippen molar-refractivity contribution in [1.29, 1.82) is 0 Å². The number of para-hydroxylation sites is 2. The predicted octanol–water partition coefficient (Wildman–Crippen LogP) is 12.7. The van der Waals surface area contributed by atoms with Crippen molar-refractivity contribution < 1.29 is 0 Å². The fourth-order valence-corrected chi connectivity index (χ4v) is 6.15. The van der Waals surface area contributed by atoms with Crippen LogP contribution in [0.5, 0.6) is 0 Å². The van der Waals surface area contributed by atoms with Crippen LogP contribution in [-0.4, -0.2) is 0 Å². The van der Waals surface area contributed by atoms with Gasteiger partial charge in [-0.2, -0.15) is 0 Å². The molecule has 0 spiro atoms. The Morgan fingerprint density at radius 3 is 1.30 bits per heavy atom. The molecule has 0 bridgehead atoms. The number of rotatable bonds is 10. The van der Waals surface area contributed by atoms with Gasteiger partial charge in [-0.3, -0.25) is 0 Å². The Bertz CT molecular complexity index is 2070. The van der Waals surface area contributed by atoms with Gasteiger partial charge in [-0.1, -0.05) is 122 Å². The first-order valence-corrected chi connectivity index (χ1v) is 15.7. The molecule has 6 aromatic rings. The number of fused-ring (bicyclic) bond motifs is 5. The van der Waals surface area contributed by atoms with Crippen LogP contribution >= 0.6 is 0 Å². The van der Waals surface area contributed by atoms with Crippen LogP contribution in [0.4, 0.5) is 22.7 Å². The minimum atomic E-state index is 0.957. The Morgan fingerprint density at radius 1 is 0.478 bits per heavy atom. The molecule has 2 heteroatoms. The predicted molar refractivity (Wildman–Crippen MR) is 202 cm³/mol. The van der Waals surface area contributed by atoms with Crippen molar-refractivity contribution in [1.82, 2.24) is 0 Å². The summed E-state index contributed by atoms with van der Waals surface area (Å²) < 4.78 is 0. The Balaban J connectivity index is 1.74. The van der Waals surface area contributed by atoms with Crippen LogP contribution in [0.15, 0.2) is 194 Å². The minimum Gasteiger partial charge on any atom is -0.310 e. The quantitative estimate of drug-likeness (QED) is 0.115. The van der Waals surface area contributed by atoms with E-state index in [2.05, 4.69) is 156 Å². The average Bonchev–Trinajstić information content (AvgIpc) is 3.12. The van der Waals surface area contributed by atoms with Gasteiger partial charge in [-0.25, -0.2) is 0 Å². The summed E-state index contributed by atoms with van der Waals surface area (Å²) in [5.74, 6) is 0. The van der Waals surface area contributed by atoms with E-state index in [1.807, 2.05) is 50.3 Å². The Kier molecular flexibility index (Phi) is 9.08. The van der Waals surface area contributed by atoms with Gasteiger partial charge >= 0.3 is 0 Å². The number of hydrogen-bond donors (Lipinski definition) is 0. The van der Waals surface area contributed by atoms with E-state index in [4.69, 9.17) is 0 Å². The lowest BCUT2D eigenvalue weighted by Gasteiger charge is -2.30. The van der Waals surface area contributed by atoms with E-state index < -0.39 is 0 Å². The lowest BCUT2D eigenvalue weighted by molar-refractivity contribution is 1.16. The van der Waals surface area contributed by atoms with Crippen LogP contribution < -0.4 is 9.80 Å². The molecule has 0 saturated heterocycles. The lowest BCUT2D eigenvalue weighted by atomic mass is 9.93. The second-order valence-corrected chi connectivity index (χ2v) is 11.0. The Hall–Kier alpha value is -5.86. The van der Waals surface area contributed by atoms with Gasteiger partial charge in [0.25, 0.3) is 0 Å². The maximum absolute atomic E-state index is 4.21. The maximum Gasteiger partial charge on any atom is 0.0546 e. The summed E-state index contributed by atoms with van der Waals surface area (Å²) in [4.78, 5) is 4.62. The maximum atomic E-state index is 4.21. The van der Waals surface area contributed by atoms with Gasteiger partial charge < -0.3 is 9.80 Å². The van der Waals surface area contributed by atoms with Crippen molar-refractivity contribution in [2.45, 2.75) is 13.8 Å². The van der Waals surface area contributed by atoms with Crippen molar-refractivity contribution >= 4 is 55.1 Å². The van der Waals surface area contributed by atoms with Crippen LogP contribution in [0.25, 0.3) is 32.3 Å². The summed E-state index contributed by atoms with van der Waals surface area (Å²) in [7, 11) is 0. The monoisotopic (exact) mass is 594 g/mol. The SMILES string of the molecule is C=C/C(=C\C=C/C)N(/C(C=C)=C/C=C\C)c1cc2c3ccccc3c(N(c3ccccc3)c3ccccc3)cc2c2ccccc12. The minimum absolute atomic E-state index is 0.957. The van der Waals surface area contributed by atoms with Gasteiger partial charge in [0.1, 0.15) is 0 Å².